The van der Waals surface area contributed by atoms with Crippen molar-refractivity contribution in [3.63, 3.8) is 0 Å². The van der Waals surface area contributed by atoms with Crippen LogP contribution >= 0.6 is 11.5 Å². The predicted molar refractivity (Wildman–Crippen MR) is 83.9 cm³/mol. The van der Waals surface area contributed by atoms with Gasteiger partial charge >= 0.3 is 0 Å². The third-order valence-electron chi connectivity index (χ3n) is 2.76. The van der Waals surface area contributed by atoms with Crippen LogP contribution in [0.25, 0.3) is 6.08 Å². The van der Waals surface area contributed by atoms with E-state index in [-0.39, 0.29) is 18.3 Å². The summed E-state index contributed by atoms with van der Waals surface area (Å²) in [5, 5.41) is 5.57. The van der Waals surface area contributed by atoms with Crippen molar-refractivity contribution in [3.05, 3.63) is 47.0 Å². The second kappa shape index (κ2) is 7.46. The fourth-order valence-corrected chi connectivity index (χ4v) is 1.94. The van der Waals surface area contributed by atoms with Gasteiger partial charge in [0.2, 0.25) is 0 Å². The maximum atomic E-state index is 12.1. The molecule has 1 heterocycles. The van der Waals surface area contributed by atoms with Gasteiger partial charge in [-0.3, -0.25) is 9.59 Å². The monoisotopic (exact) mass is 317 g/mol. The Bertz CT molecular complexity index is 681. The number of likely N-dealkylation sites (N-methyl/N-ethyl adjacent to an activating group) is 1. The molecule has 114 valence electrons. The van der Waals surface area contributed by atoms with E-state index in [1.807, 2.05) is 0 Å². The highest BCUT2D eigenvalue weighted by molar-refractivity contribution is 7.03. The number of carbonyl (C=O) groups is 2. The number of aromatic nitrogens is 2. The Morgan fingerprint density at radius 3 is 2.86 bits per heavy atom. The highest BCUT2D eigenvalue weighted by Gasteiger charge is 2.07. The lowest BCUT2D eigenvalue weighted by Gasteiger charge is -2.11. The minimum absolute atomic E-state index is 0.0645. The SMILES string of the molecule is CN(C)C(=O)COc1cccc(C(=O)/C=C\c2csnn2)c1. The van der Waals surface area contributed by atoms with Crippen LogP contribution < -0.4 is 4.74 Å². The zero-order valence-electron chi connectivity index (χ0n) is 12.2. The van der Waals surface area contributed by atoms with Crippen molar-refractivity contribution in [1.29, 1.82) is 0 Å². The molecule has 0 saturated heterocycles. The van der Waals surface area contributed by atoms with Gasteiger partial charge in [0, 0.05) is 25.0 Å². The summed E-state index contributed by atoms with van der Waals surface area (Å²) < 4.78 is 9.10. The topological polar surface area (TPSA) is 72.4 Å². The lowest BCUT2D eigenvalue weighted by Crippen LogP contribution is -2.27. The summed E-state index contributed by atoms with van der Waals surface area (Å²) in [4.78, 5) is 25.0. The first kappa shape index (κ1) is 15.8. The van der Waals surface area contributed by atoms with Crippen molar-refractivity contribution in [3.8, 4) is 5.75 Å². The third kappa shape index (κ3) is 4.49. The summed E-state index contributed by atoms with van der Waals surface area (Å²) in [5.74, 6) is 0.162. The molecule has 2 rings (SSSR count). The van der Waals surface area contributed by atoms with Gasteiger partial charge in [0.15, 0.2) is 12.4 Å². The van der Waals surface area contributed by atoms with Crippen LogP contribution in [0, 0.1) is 0 Å². The molecule has 0 radical (unpaired) electrons. The number of ketones is 1. The van der Waals surface area contributed by atoms with E-state index in [0.29, 0.717) is 17.0 Å². The molecule has 0 unspecified atom stereocenters. The van der Waals surface area contributed by atoms with Gasteiger partial charge in [0.25, 0.3) is 5.91 Å². The molecular formula is C15H15N3O3S. The molecule has 0 aliphatic carbocycles. The number of ether oxygens (including phenoxy) is 1. The number of amides is 1. The largest absolute Gasteiger partial charge is 0.484 e. The Balaban J connectivity index is 2.01. The van der Waals surface area contributed by atoms with Crippen LogP contribution in [0.4, 0.5) is 0 Å². The summed E-state index contributed by atoms with van der Waals surface area (Å²) >= 11 is 1.22. The first-order chi connectivity index (χ1) is 10.6. The number of rotatable bonds is 6. The van der Waals surface area contributed by atoms with E-state index in [0.717, 1.165) is 0 Å². The summed E-state index contributed by atoms with van der Waals surface area (Å²) in [7, 11) is 3.31. The van der Waals surface area contributed by atoms with Crippen LogP contribution in [0.2, 0.25) is 0 Å². The van der Waals surface area contributed by atoms with Crippen LogP contribution in [-0.2, 0) is 4.79 Å². The average Bonchev–Trinajstić information content (AvgIpc) is 3.03. The smallest absolute Gasteiger partial charge is 0.259 e. The second-order valence-corrected chi connectivity index (χ2v) is 5.24. The first-order valence-corrected chi connectivity index (χ1v) is 7.32. The molecule has 1 aromatic heterocycles. The lowest BCUT2D eigenvalue weighted by molar-refractivity contribution is -0.130. The molecule has 22 heavy (non-hydrogen) atoms. The fraction of sp³-hybridized carbons (Fsp3) is 0.200. The molecule has 0 spiro atoms. The first-order valence-electron chi connectivity index (χ1n) is 6.49. The van der Waals surface area contributed by atoms with E-state index in [2.05, 4.69) is 9.59 Å². The highest BCUT2D eigenvalue weighted by atomic mass is 32.1. The normalized spacial score (nSPS) is 10.6. The maximum absolute atomic E-state index is 12.1. The van der Waals surface area contributed by atoms with Crippen LogP contribution in [0.5, 0.6) is 5.75 Å². The molecule has 0 aliphatic heterocycles. The van der Waals surface area contributed by atoms with E-state index in [4.69, 9.17) is 4.74 Å². The highest BCUT2D eigenvalue weighted by Crippen LogP contribution is 2.14. The molecule has 0 fully saturated rings. The maximum Gasteiger partial charge on any atom is 0.259 e. The number of benzene rings is 1. The Kier molecular flexibility index (Phi) is 5.37. The van der Waals surface area contributed by atoms with Gasteiger partial charge < -0.3 is 9.64 Å². The minimum Gasteiger partial charge on any atom is -0.484 e. The zero-order chi connectivity index (χ0) is 15.9. The van der Waals surface area contributed by atoms with Gasteiger partial charge in [-0.1, -0.05) is 16.6 Å². The van der Waals surface area contributed by atoms with Crippen LogP contribution in [0.3, 0.4) is 0 Å². The molecule has 1 aromatic carbocycles. The minimum atomic E-state index is -0.169. The molecular weight excluding hydrogens is 302 g/mol. The Labute approximate surface area is 132 Å². The average molecular weight is 317 g/mol. The molecule has 0 saturated carbocycles. The third-order valence-corrected chi connectivity index (χ3v) is 3.28. The van der Waals surface area contributed by atoms with E-state index in [1.165, 1.54) is 22.5 Å². The second-order valence-electron chi connectivity index (χ2n) is 4.63. The van der Waals surface area contributed by atoms with E-state index >= 15 is 0 Å². The Morgan fingerprint density at radius 2 is 2.18 bits per heavy atom. The van der Waals surface area contributed by atoms with E-state index in [9.17, 15) is 9.59 Å². The quantitative estimate of drug-likeness (QED) is 0.601. The van der Waals surface area contributed by atoms with E-state index in [1.54, 1.807) is 49.8 Å². The zero-order valence-corrected chi connectivity index (χ0v) is 13.0. The van der Waals surface area contributed by atoms with Gasteiger partial charge in [-0.2, -0.15) is 0 Å². The standard InChI is InChI=1S/C15H15N3O3S/c1-18(2)15(20)9-21-13-5-3-4-11(8-13)14(19)7-6-12-10-22-17-16-12/h3-8,10H,9H2,1-2H3/b7-6-. The summed E-state index contributed by atoms with van der Waals surface area (Å²) in [6.07, 6.45) is 3.04. The van der Waals surface area contributed by atoms with Crippen LogP contribution in [0.1, 0.15) is 16.1 Å². The molecule has 0 atom stereocenters. The van der Waals surface area contributed by atoms with Crippen molar-refractivity contribution in [1.82, 2.24) is 14.5 Å². The van der Waals surface area contributed by atoms with Crippen molar-refractivity contribution >= 4 is 29.3 Å². The molecule has 0 aliphatic rings. The number of carbonyl (C=O) groups excluding carboxylic acids is 2. The van der Waals surface area contributed by atoms with E-state index < -0.39 is 0 Å². The van der Waals surface area contributed by atoms with Crippen molar-refractivity contribution < 1.29 is 14.3 Å². The Hall–Kier alpha value is -2.54. The summed E-state index contributed by atoms with van der Waals surface area (Å²) in [6.45, 7) is -0.0645. The molecule has 0 bridgehead atoms. The van der Waals surface area contributed by atoms with Gasteiger partial charge in [0.1, 0.15) is 5.75 Å². The molecule has 0 N–H and O–H groups in total. The number of allylic oxidation sites excluding steroid dienone is 1. The van der Waals surface area contributed by atoms with Crippen molar-refractivity contribution in [2.45, 2.75) is 0 Å². The number of hydrogen-bond acceptors (Lipinski definition) is 6. The molecule has 1 amide bonds. The van der Waals surface area contributed by atoms with Gasteiger partial charge in [-0.25, -0.2) is 0 Å². The van der Waals surface area contributed by atoms with Gasteiger partial charge in [-0.15, -0.1) is 5.10 Å². The van der Waals surface area contributed by atoms with Crippen molar-refractivity contribution in [2.24, 2.45) is 0 Å². The van der Waals surface area contributed by atoms with Crippen LogP contribution in [-0.4, -0.2) is 46.9 Å². The number of hydrogen-bond donors (Lipinski definition) is 0. The van der Waals surface area contributed by atoms with Crippen LogP contribution in [0.15, 0.2) is 35.7 Å². The summed E-state index contributed by atoms with van der Waals surface area (Å²) in [6, 6.07) is 6.70. The summed E-state index contributed by atoms with van der Waals surface area (Å²) in [5.41, 5.74) is 1.12. The molecule has 7 heteroatoms. The predicted octanol–water partition coefficient (Wildman–Crippen LogP) is 1.90. The fourth-order valence-electron chi connectivity index (χ4n) is 1.52. The Morgan fingerprint density at radius 1 is 1.36 bits per heavy atom. The van der Waals surface area contributed by atoms with Crippen molar-refractivity contribution in [2.75, 3.05) is 20.7 Å². The molecule has 6 nitrogen and oxygen atoms in total. The number of nitrogens with zero attached hydrogens (tertiary/aromatic N) is 3. The molecule has 2 aromatic rings. The lowest BCUT2D eigenvalue weighted by atomic mass is 10.1. The van der Waals surface area contributed by atoms with Gasteiger partial charge in [0.05, 0.1) is 5.69 Å². The van der Waals surface area contributed by atoms with Gasteiger partial charge in [-0.05, 0) is 35.8 Å².